The fourth-order valence-electron chi connectivity index (χ4n) is 2.26. The first-order valence-corrected chi connectivity index (χ1v) is 10.4. The second-order valence-corrected chi connectivity index (χ2v) is 7.75. The van der Waals surface area contributed by atoms with Crippen molar-refractivity contribution in [3.63, 3.8) is 0 Å². The van der Waals surface area contributed by atoms with Crippen LogP contribution in [0.5, 0.6) is 11.5 Å². The summed E-state index contributed by atoms with van der Waals surface area (Å²) in [6, 6.07) is 6.72. The normalized spacial score (nSPS) is 13.0. The topological polar surface area (TPSA) is 130 Å². The summed E-state index contributed by atoms with van der Waals surface area (Å²) < 4.78 is 73.5. The van der Waals surface area contributed by atoms with Crippen LogP contribution in [0.1, 0.15) is 5.69 Å². The highest BCUT2D eigenvalue weighted by molar-refractivity contribution is 7.84. The van der Waals surface area contributed by atoms with Gasteiger partial charge in [0.25, 0.3) is 0 Å². The van der Waals surface area contributed by atoms with Gasteiger partial charge < -0.3 is 13.9 Å². The largest absolute Gasteiger partial charge is 0.476 e. The summed E-state index contributed by atoms with van der Waals surface area (Å²) in [5, 5.41) is 0.0294. The average molecular weight is 449 g/mol. The Labute approximate surface area is 165 Å². The molecule has 0 aliphatic carbocycles. The summed E-state index contributed by atoms with van der Waals surface area (Å²) in [5.41, 5.74) is 0.764. The quantitative estimate of drug-likeness (QED) is 0.385. The van der Waals surface area contributed by atoms with Gasteiger partial charge in [0.1, 0.15) is 5.75 Å². The van der Waals surface area contributed by atoms with E-state index in [0.29, 0.717) is 11.0 Å². The molecule has 1 atom stereocenters. The van der Waals surface area contributed by atoms with Crippen molar-refractivity contribution in [2.45, 2.75) is 17.5 Å². The van der Waals surface area contributed by atoms with E-state index in [1.165, 1.54) is 36.5 Å². The Kier molecular flexibility index (Phi) is 6.36. The smallest absolute Gasteiger partial charge is 0.435 e. The van der Waals surface area contributed by atoms with Crippen molar-refractivity contribution < 1.29 is 39.5 Å². The lowest BCUT2D eigenvalue weighted by atomic mass is 10.3. The van der Waals surface area contributed by atoms with Gasteiger partial charge in [0.15, 0.2) is 10.9 Å². The van der Waals surface area contributed by atoms with Crippen molar-refractivity contribution in [1.29, 1.82) is 0 Å². The van der Waals surface area contributed by atoms with Crippen LogP contribution in [0.15, 0.2) is 41.7 Å². The van der Waals surface area contributed by atoms with Crippen molar-refractivity contribution in [2.24, 2.45) is 0 Å². The van der Waals surface area contributed by atoms with E-state index in [0.717, 1.165) is 7.11 Å². The lowest BCUT2D eigenvalue weighted by Crippen LogP contribution is -2.14. The molecule has 0 bridgehead atoms. The number of benzene rings is 1. The summed E-state index contributed by atoms with van der Waals surface area (Å²) in [6.07, 6.45) is 1.36. The Morgan fingerprint density at radius 3 is 2.79 bits per heavy atom. The second kappa shape index (κ2) is 8.77. The second-order valence-electron chi connectivity index (χ2n) is 5.26. The van der Waals surface area contributed by atoms with Gasteiger partial charge in [-0.2, -0.15) is 17.2 Å². The molecule has 156 valence electrons. The maximum atomic E-state index is 12.7. The van der Waals surface area contributed by atoms with Crippen LogP contribution in [-0.2, 0) is 36.2 Å². The number of fused-ring (bicyclic) bond motifs is 1. The number of aromatic amines is 1. The van der Waals surface area contributed by atoms with E-state index in [4.69, 9.17) is 4.18 Å². The van der Waals surface area contributed by atoms with Crippen LogP contribution in [0.2, 0.25) is 0 Å². The van der Waals surface area contributed by atoms with Crippen LogP contribution in [-0.4, -0.2) is 41.3 Å². The standard InChI is InChI=1S/C15H13F2N3O7S2/c1-24-27-29(22,23)26-13-3-2-6-18-12(13)8-28(21)15-19-10-5-4-9(25-14(16)17)7-11(10)20-15/h2-7,14H,8H2,1H3,(H,19,20). The molecule has 0 spiro atoms. The Morgan fingerprint density at radius 2 is 2.07 bits per heavy atom. The minimum absolute atomic E-state index is 0.0294. The number of hydrogen-bond donors (Lipinski definition) is 1. The third-order valence-corrected chi connectivity index (χ3v) is 5.18. The number of pyridine rings is 1. The summed E-state index contributed by atoms with van der Waals surface area (Å²) >= 11 is 0. The Bertz CT molecular complexity index is 1140. The van der Waals surface area contributed by atoms with Crippen LogP contribution >= 0.6 is 0 Å². The molecule has 0 fully saturated rings. The van der Waals surface area contributed by atoms with Gasteiger partial charge in [-0.3, -0.25) is 9.19 Å². The van der Waals surface area contributed by atoms with Gasteiger partial charge in [-0.05, 0) is 24.3 Å². The lowest BCUT2D eigenvalue weighted by Gasteiger charge is -2.08. The van der Waals surface area contributed by atoms with E-state index < -0.39 is 27.8 Å². The van der Waals surface area contributed by atoms with Crippen LogP contribution < -0.4 is 8.92 Å². The molecule has 14 heteroatoms. The molecular formula is C15H13F2N3O7S2. The van der Waals surface area contributed by atoms with Crippen molar-refractivity contribution in [3.8, 4) is 11.5 Å². The van der Waals surface area contributed by atoms with E-state index in [1.807, 2.05) is 0 Å². The van der Waals surface area contributed by atoms with E-state index >= 15 is 0 Å². The predicted octanol–water partition coefficient (Wildman–Crippen LogP) is 2.07. The molecule has 3 rings (SSSR count). The number of aromatic nitrogens is 3. The maximum Gasteiger partial charge on any atom is 0.476 e. The highest BCUT2D eigenvalue weighted by atomic mass is 32.3. The zero-order chi connectivity index (χ0) is 21.0. The van der Waals surface area contributed by atoms with E-state index in [1.54, 1.807) is 0 Å². The SMILES string of the molecule is COOS(=O)(=O)Oc1cccnc1CS(=O)c1nc2ccc(OC(F)F)cc2[nH]1. The Morgan fingerprint density at radius 1 is 1.28 bits per heavy atom. The number of nitrogens with zero attached hydrogens (tertiary/aromatic N) is 2. The molecule has 1 aromatic carbocycles. The molecule has 2 heterocycles. The number of imidazole rings is 1. The molecule has 10 nitrogen and oxygen atoms in total. The van der Waals surface area contributed by atoms with Crippen molar-refractivity contribution in [3.05, 3.63) is 42.2 Å². The number of H-pyrrole nitrogens is 1. The van der Waals surface area contributed by atoms with E-state index in [-0.39, 0.29) is 28.1 Å². The molecule has 0 aliphatic rings. The summed E-state index contributed by atoms with van der Waals surface area (Å²) in [4.78, 5) is 14.9. The molecule has 3 aromatic rings. The number of nitrogens with one attached hydrogen (secondary N) is 1. The van der Waals surface area contributed by atoms with Crippen LogP contribution in [0, 0.1) is 0 Å². The summed E-state index contributed by atoms with van der Waals surface area (Å²) in [6.45, 7) is -2.98. The zero-order valence-corrected chi connectivity index (χ0v) is 16.2. The van der Waals surface area contributed by atoms with Gasteiger partial charge in [0, 0.05) is 12.3 Å². The molecule has 0 amide bonds. The first-order chi connectivity index (χ1) is 13.8. The number of halogens is 2. The lowest BCUT2D eigenvalue weighted by molar-refractivity contribution is -0.178. The molecule has 0 aliphatic heterocycles. The summed E-state index contributed by atoms with van der Waals surface area (Å²) in [5.74, 6) is -0.544. The fraction of sp³-hybridized carbons (Fsp3) is 0.200. The number of ether oxygens (including phenoxy) is 1. The van der Waals surface area contributed by atoms with Crippen LogP contribution in [0.25, 0.3) is 11.0 Å². The zero-order valence-electron chi connectivity index (χ0n) is 14.6. The van der Waals surface area contributed by atoms with Gasteiger partial charge in [-0.1, -0.05) is 4.33 Å². The first-order valence-electron chi connectivity index (χ1n) is 7.71. The molecule has 0 radical (unpaired) electrons. The number of alkyl halides is 2. The number of rotatable bonds is 9. The van der Waals surface area contributed by atoms with Crippen LogP contribution in [0.4, 0.5) is 8.78 Å². The summed E-state index contributed by atoms with van der Waals surface area (Å²) in [7, 11) is -5.31. The molecule has 2 aromatic heterocycles. The molecule has 0 saturated carbocycles. The third-order valence-electron chi connectivity index (χ3n) is 3.33. The minimum Gasteiger partial charge on any atom is -0.435 e. The highest BCUT2D eigenvalue weighted by Gasteiger charge is 2.20. The molecular weight excluding hydrogens is 436 g/mol. The van der Waals surface area contributed by atoms with Crippen molar-refractivity contribution in [1.82, 2.24) is 15.0 Å². The van der Waals surface area contributed by atoms with Gasteiger partial charge in [0.2, 0.25) is 0 Å². The minimum atomic E-state index is -4.50. The van der Waals surface area contributed by atoms with Crippen molar-refractivity contribution >= 4 is 32.2 Å². The number of hydrogen-bond acceptors (Lipinski definition) is 9. The molecule has 29 heavy (non-hydrogen) atoms. The fourth-order valence-corrected chi connectivity index (χ4v) is 3.85. The van der Waals surface area contributed by atoms with E-state index in [9.17, 15) is 21.4 Å². The first kappa shape index (κ1) is 21.0. The average Bonchev–Trinajstić information content (AvgIpc) is 3.06. The predicted molar refractivity (Wildman–Crippen MR) is 94.7 cm³/mol. The Balaban J connectivity index is 1.82. The highest BCUT2D eigenvalue weighted by Crippen LogP contribution is 2.24. The molecule has 1 N–H and O–H groups in total. The van der Waals surface area contributed by atoms with Gasteiger partial charge >= 0.3 is 17.0 Å². The molecule has 1 unspecified atom stereocenters. The van der Waals surface area contributed by atoms with Gasteiger partial charge in [-0.15, -0.1) is 0 Å². The Hall–Kier alpha value is -2.68. The third kappa shape index (κ3) is 5.44. The monoisotopic (exact) mass is 449 g/mol. The maximum absolute atomic E-state index is 12.7. The van der Waals surface area contributed by atoms with Gasteiger partial charge in [-0.25, -0.2) is 9.87 Å². The molecule has 0 saturated heterocycles. The van der Waals surface area contributed by atoms with Crippen LogP contribution in [0.3, 0.4) is 0 Å². The van der Waals surface area contributed by atoms with E-state index in [2.05, 4.69) is 28.9 Å². The van der Waals surface area contributed by atoms with Gasteiger partial charge in [0.05, 0.1) is 40.4 Å². The van der Waals surface area contributed by atoms with Crippen molar-refractivity contribution in [2.75, 3.05) is 7.11 Å².